The van der Waals surface area contributed by atoms with Crippen molar-refractivity contribution in [1.82, 2.24) is 0 Å². The summed E-state index contributed by atoms with van der Waals surface area (Å²) < 4.78 is 21.7. The standard InChI is InChI=1S/C29H42O8/c1-17-9-10-21-28(5,12-11-22(36-16-30)29(21,6)14-13-27(3,4)33)20(17)15-19-24(31)23(25(32)34-7)18(2)37-26(19)35-8/h16,20-22,33H,1,9-15H2,2-8H3/t20-,21-,22-,28-,29+/m0/s1. The third-order valence-electron chi connectivity index (χ3n) is 9.14. The molecule has 2 aliphatic rings. The normalized spacial score (nSPS) is 29.8. The summed E-state index contributed by atoms with van der Waals surface area (Å²) in [5.74, 6) is -0.436. The van der Waals surface area contributed by atoms with Crippen LogP contribution in [0.5, 0.6) is 5.95 Å². The zero-order chi connectivity index (χ0) is 27.8. The predicted octanol–water partition coefficient (Wildman–Crippen LogP) is 4.77. The van der Waals surface area contributed by atoms with Gasteiger partial charge in [-0.05, 0) is 83.0 Å². The lowest BCUT2D eigenvalue weighted by atomic mass is 9.45. The molecule has 1 aromatic rings. The predicted molar refractivity (Wildman–Crippen MR) is 139 cm³/mol. The highest BCUT2D eigenvalue weighted by Crippen LogP contribution is 2.63. The van der Waals surface area contributed by atoms with Crippen molar-refractivity contribution in [2.45, 2.75) is 91.3 Å². The van der Waals surface area contributed by atoms with Gasteiger partial charge in [-0.3, -0.25) is 9.59 Å². The van der Waals surface area contributed by atoms with Crippen LogP contribution in [0.3, 0.4) is 0 Å². The van der Waals surface area contributed by atoms with Crippen LogP contribution in [0.2, 0.25) is 0 Å². The van der Waals surface area contributed by atoms with Gasteiger partial charge in [-0.2, -0.15) is 0 Å². The maximum absolute atomic E-state index is 13.5. The van der Waals surface area contributed by atoms with Crippen LogP contribution in [-0.4, -0.2) is 43.5 Å². The first-order chi connectivity index (χ1) is 17.2. The molecule has 206 valence electrons. The molecule has 37 heavy (non-hydrogen) atoms. The average molecular weight is 519 g/mol. The van der Waals surface area contributed by atoms with E-state index in [4.69, 9.17) is 18.6 Å². The molecule has 0 unspecified atom stereocenters. The van der Waals surface area contributed by atoms with E-state index >= 15 is 0 Å². The first-order valence-electron chi connectivity index (χ1n) is 13.0. The first kappa shape index (κ1) is 29.0. The monoisotopic (exact) mass is 518 g/mol. The number of hydrogen-bond acceptors (Lipinski definition) is 8. The number of aliphatic hydroxyl groups is 1. The molecule has 2 fully saturated rings. The lowest BCUT2D eigenvalue weighted by Gasteiger charge is -2.61. The highest BCUT2D eigenvalue weighted by Gasteiger charge is 2.59. The summed E-state index contributed by atoms with van der Waals surface area (Å²) in [6.07, 6.45) is 4.40. The fourth-order valence-corrected chi connectivity index (χ4v) is 7.09. The Morgan fingerprint density at radius 1 is 1.27 bits per heavy atom. The topological polar surface area (TPSA) is 112 Å². The molecule has 5 atom stereocenters. The fraction of sp³-hybridized carbons (Fsp3) is 0.690. The Morgan fingerprint density at radius 3 is 2.51 bits per heavy atom. The summed E-state index contributed by atoms with van der Waals surface area (Å²) >= 11 is 0. The molecule has 1 aromatic heterocycles. The minimum absolute atomic E-state index is 0.0881. The van der Waals surface area contributed by atoms with Gasteiger partial charge in [-0.15, -0.1) is 0 Å². The zero-order valence-electron chi connectivity index (χ0n) is 23.3. The summed E-state index contributed by atoms with van der Waals surface area (Å²) in [5.41, 5.74) is -0.718. The molecular weight excluding hydrogens is 476 g/mol. The van der Waals surface area contributed by atoms with Crippen molar-refractivity contribution in [2.24, 2.45) is 22.7 Å². The molecule has 8 nitrogen and oxygen atoms in total. The number of methoxy groups -OCH3 is 2. The Morgan fingerprint density at radius 2 is 1.95 bits per heavy atom. The SMILES string of the molecule is C=C1CC[C@@H]2[C@@](C)(CCC(C)(C)O)[C@@H](OC=O)CC[C@@]2(C)[C@H]1Cc1c(OC)oc(C)c(C(=O)OC)c1=O. The summed E-state index contributed by atoms with van der Waals surface area (Å²) in [5, 5.41) is 10.5. The van der Waals surface area contributed by atoms with Crippen LogP contribution >= 0.6 is 0 Å². The molecule has 0 aliphatic heterocycles. The van der Waals surface area contributed by atoms with Crippen LogP contribution in [0.15, 0.2) is 21.4 Å². The number of ether oxygens (including phenoxy) is 3. The zero-order valence-corrected chi connectivity index (χ0v) is 23.3. The third kappa shape index (κ3) is 5.35. The second-order valence-corrected chi connectivity index (χ2v) is 11.9. The highest BCUT2D eigenvalue weighted by molar-refractivity contribution is 5.90. The molecular formula is C29H42O8. The van der Waals surface area contributed by atoms with E-state index in [1.165, 1.54) is 14.2 Å². The van der Waals surface area contributed by atoms with E-state index in [9.17, 15) is 19.5 Å². The van der Waals surface area contributed by atoms with Crippen LogP contribution in [0.4, 0.5) is 0 Å². The molecule has 0 amide bonds. The molecule has 2 saturated carbocycles. The maximum Gasteiger partial charge on any atom is 0.345 e. The molecule has 0 spiro atoms. The van der Waals surface area contributed by atoms with Gasteiger partial charge in [-0.1, -0.05) is 26.0 Å². The van der Waals surface area contributed by atoms with Crippen molar-refractivity contribution < 1.29 is 33.3 Å². The molecule has 1 N–H and O–H groups in total. The summed E-state index contributed by atoms with van der Waals surface area (Å²) in [4.78, 5) is 37.3. The van der Waals surface area contributed by atoms with Crippen molar-refractivity contribution in [3.63, 3.8) is 0 Å². The number of aryl methyl sites for hydroxylation is 1. The number of allylic oxidation sites excluding steroid dienone is 1. The number of carbonyl (C=O) groups excluding carboxylic acids is 2. The van der Waals surface area contributed by atoms with E-state index < -0.39 is 17.0 Å². The molecule has 0 saturated heterocycles. The van der Waals surface area contributed by atoms with Gasteiger partial charge in [0.15, 0.2) is 0 Å². The van der Waals surface area contributed by atoms with E-state index in [0.29, 0.717) is 37.7 Å². The summed E-state index contributed by atoms with van der Waals surface area (Å²) in [6, 6.07) is 0. The van der Waals surface area contributed by atoms with Crippen LogP contribution < -0.4 is 10.2 Å². The van der Waals surface area contributed by atoms with Crippen LogP contribution in [-0.2, 0) is 20.7 Å². The first-order valence-corrected chi connectivity index (χ1v) is 13.0. The molecule has 1 heterocycles. The number of rotatable bonds is 9. The van der Waals surface area contributed by atoms with Gasteiger partial charge in [0.25, 0.3) is 12.4 Å². The Balaban J connectivity index is 2.09. The average Bonchev–Trinajstić information content (AvgIpc) is 2.82. The van der Waals surface area contributed by atoms with E-state index in [2.05, 4.69) is 20.4 Å². The fourth-order valence-electron chi connectivity index (χ4n) is 7.09. The lowest BCUT2D eigenvalue weighted by molar-refractivity contribution is -0.171. The van der Waals surface area contributed by atoms with Gasteiger partial charge in [0.05, 0.1) is 25.4 Å². The van der Waals surface area contributed by atoms with E-state index in [1.54, 1.807) is 20.8 Å². The van der Waals surface area contributed by atoms with Crippen molar-refractivity contribution in [3.8, 4) is 5.95 Å². The van der Waals surface area contributed by atoms with E-state index in [1.807, 2.05) is 0 Å². The van der Waals surface area contributed by atoms with Crippen molar-refractivity contribution in [1.29, 1.82) is 0 Å². The Labute approximate surface area is 219 Å². The van der Waals surface area contributed by atoms with Crippen LogP contribution in [0.25, 0.3) is 0 Å². The van der Waals surface area contributed by atoms with Gasteiger partial charge >= 0.3 is 5.97 Å². The number of esters is 1. The lowest BCUT2D eigenvalue weighted by Crippen LogP contribution is -2.57. The second-order valence-electron chi connectivity index (χ2n) is 11.9. The molecule has 8 heteroatoms. The van der Waals surface area contributed by atoms with Crippen LogP contribution in [0.1, 0.15) is 87.9 Å². The van der Waals surface area contributed by atoms with Crippen molar-refractivity contribution >= 4 is 12.4 Å². The second kappa shape index (κ2) is 10.6. The van der Waals surface area contributed by atoms with Gasteiger partial charge in [0.2, 0.25) is 5.43 Å². The third-order valence-corrected chi connectivity index (χ3v) is 9.14. The van der Waals surface area contributed by atoms with E-state index in [0.717, 1.165) is 24.8 Å². The number of hydrogen-bond donors (Lipinski definition) is 1. The van der Waals surface area contributed by atoms with Crippen molar-refractivity contribution in [3.05, 3.63) is 39.3 Å². The van der Waals surface area contributed by atoms with Gasteiger partial charge in [0, 0.05) is 5.41 Å². The van der Waals surface area contributed by atoms with Gasteiger partial charge in [0.1, 0.15) is 17.4 Å². The molecule has 3 rings (SSSR count). The van der Waals surface area contributed by atoms with Gasteiger partial charge < -0.3 is 23.7 Å². The molecule has 0 aromatic carbocycles. The Bertz CT molecular complexity index is 1100. The molecule has 0 bridgehead atoms. The minimum atomic E-state index is -0.848. The highest BCUT2D eigenvalue weighted by atomic mass is 16.6. The number of carbonyl (C=O) groups is 2. The Kier molecular flexibility index (Phi) is 8.32. The quantitative estimate of drug-likeness (QED) is 0.283. The van der Waals surface area contributed by atoms with Crippen LogP contribution in [0, 0.1) is 29.6 Å². The van der Waals surface area contributed by atoms with Gasteiger partial charge in [-0.25, -0.2) is 4.79 Å². The molecule has 0 radical (unpaired) electrons. The van der Waals surface area contributed by atoms with Crippen molar-refractivity contribution in [2.75, 3.05) is 14.2 Å². The Hall–Kier alpha value is -2.61. The smallest absolute Gasteiger partial charge is 0.345 e. The summed E-state index contributed by atoms with van der Waals surface area (Å²) in [6.45, 7) is 14.5. The number of fused-ring (bicyclic) bond motifs is 1. The van der Waals surface area contributed by atoms with E-state index in [-0.39, 0.29) is 46.0 Å². The largest absolute Gasteiger partial charge is 0.468 e. The summed E-state index contributed by atoms with van der Waals surface area (Å²) in [7, 11) is 2.67. The maximum atomic E-state index is 13.5. The minimum Gasteiger partial charge on any atom is -0.468 e. The molecule has 2 aliphatic carbocycles.